The van der Waals surface area contributed by atoms with Crippen LogP contribution in [0.25, 0.3) is 0 Å². The normalized spacial score (nSPS) is 11.8. The summed E-state index contributed by atoms with van der Waals surface area (Å²) < 4.78 is 13.5. The summed E-state index contributed by atoms with van der Waals surface area (Å²) in [5, 5.41) is 5.37. The van der Waals surface area contributed by atoms with Crippen LogP contribution in [-0.2, 0) is 4.79 Å². The first-order valence-electron chi connectivity index (χ1n) is 6.98. The minimum Gasteiger partial charge on any atom is -0.398 e. The second-order valence-electron chi connectivity index (χ2n) is 5.06. The average Bonchev–Trinajstić information content (AvgIpc) is 2.43. The Labute approximate surface area is 124 Å². The highest BCUT2D eigenvalue weighted by Gasteiger charge is 2.11. The molecule has 116 valence electrons. The van der Waals surface area contributed by atoms with Crippen molar-refractivity contribution in [1.82, 2.24) is 10.6 Å². The summed E-state index contributed by atoms with van der Waals surface area (Å²) in [6, 6.07) is 2.67. The first-order chi connectivity index (χ1) is 9.85. The van der Waals surface area contributed by atoms with Crippen LogP contribution in [0.15, 0.2) is 12.1 Å². The Kier molecular flexibility index (Phi) is 6.14. The molecule has 0 aliphatic heterocycles. The molecular formula is C15H22FN3O2. The van der Waals surface area contributed by atoms with Gasteiger partial charge < -0.3 is 16.4 Å². The number of anilines is 1. The third-order valence-corrected chi connectivity index (χ3v) is 3.30. The second-order valence-corrected chi connectivity index (χ2v) is 5.06. The molecule has 0 aliphatic carbocycles. The summed E-state index contributed by atoms with van der Waals surface area (Å²) in [4.78, 5) is 23.4. The number of nitrogens with two attached hydrogens (primary N) is 1. The third kappa shape index (κ3) is 5.06. The van der Waals surface area contributed by atoms with Crippen LogP contribution in [0.2, 0.25) is 0 Å². The average molecular weight is 295 g/mol. The lowest BCUT2D eigenvalue weighted by Gasteiger charge is -2.12. The Balaban J connectivity index is 2.50. The van der Waals surface area contributed by atoms with Gasteiger partial charge in [0.2, 0.25) is 5.91 Å². The zero-order valence-electron chi connectivity index (χ0n) is 12.6. The second kappa shape index (κ2) is 7.61. The molecule has 1 atom stereocenters. The standard InChI is InChI=1S/C15H22FN3O2/c1-4-9(2)19-14(20)5-6-18-15(21)11-7-12(16)10(3)13(17)8-11/h7-9H,4-6,17H2,1-3H3,(H,18,21)(H,19,20). The van der Waals surface area contributed by atoms with Crippen LogP contribution in [0.3, 0.4) is 0 Å². The highest BCUT2D eigenvalue weighted by atomic mass is 19.1. The van der Waals surface area contributed by atoms with Crippen LogP contribution in [0.1, 0.15) is 42.6 Å². The third-order valence-electron chi connectivity index (χ3n) is 3.30. The molecule has 0 saturated carbocycles. The number of carbonyl (C=O) groups excluding carboxylic acids is 2. The Morgan fingerprint density at radius 3 is 2.62 bits per heavy atom. The molecule has 5 nitrogen and oxygen atoms in total. The molecule has 4 N–H and O–H groups in total. The number of halogens is 1. The lowest BCUT2D eigenvalue weighted by molar-refractivity contribution is -0.121. The SMILES string of the molecule is CCC(C)NC(=O)CCNC(=O)c1cc(N)c(C)c(F)c1. The lowest BCUT2D eigenvalue weighted by atomic mass is 10.1. The van der Waals surface area contributed by atoms with Crippen LogP contribution >= 0.6 is 0 Å². The fourth-order valence-electron chi connectivity index (χ4n) is 1.67. The van der Waals surface area contributed by atoms with E-state index in [9.17, 15) is 14.0 Å². The van der Waals surface area contributed by atoms with E-state index in [2.05, 4.69) is 10.6 Å². The van der Waals surface area contributed by atoms with Crippen LogP contribution in [0.5, 0.6) is 0 Å². The van der Waals surface area contributed by atoms with Crippen molar-refractivity contribution in [2.75, 3.05) is 12.3 Å². The fraction of sp³-hybridized carbons (Fsp3) is 0.467. The predicted molar refractivity (Wildman–Crippen MR) is 80.4 cm³/mol. The molecule has 21 heavy (non-hydrogen) atoms. The molecule has 0 aromatic heterocycles. The molecule has 0 fully saturated rings. The molecule has 0 spiro atoms. The maximum Gasteiger partial charge on any atom is 0.251 e. The molecule has 6 heteroatoms. The minimum absolute atomic E-state index is 0.110. The number of hydrogen-bond donors (Lipinski definition) is 3. The van der Waals surface area contributed by atoms with E-state index in [-0.39, 0.29) is 36.2 Å². The molecule has 0 radical (unpaired) electrons. The molecule has 0 aliphatic rings. The van der Waals surface area contributed by atoms with E-state index in [0.29, 0.717) is 5.56 Å². The molecule has 1 rings (SSSR count). The first-order valence-corrected chi connectivity index (χ1v) is 6.98. The van der Waals surface area contributed by atoms with Gasteiger partial charge in [0.1, 0.15) is 5.82 Å². The van der Waals surface area contributed by atoms with Gasteiger partial charge in [0.15, 0.2) is 0 Å². The predicted octanol–water partition coefficient (Wildman–Crippen LogP) is 1.75. The fourth-order valence-corrected chi connectivity index (χ4v) is 1.67. The quantitative estimate of drug-likeness (QED) is 0.699. The van der Waals surface area contributed by atoms with E-state index in [0.717, 1.165) is 12.5 Å². The molecule has 1 aromatic carbocycles. The number of nitrogen functional groups attached to an aromatic ring is 1. The van der Waals surface area contributed by atoms with E-state index in [4.69, 9.17) is 5.73 Å². The van der Waals surface area contributed by atoms with Gasteiger partial charge in [-0.05, 0) is 32.4 Å². The van der Waals surface area contributed by atoms with Gasteiger partial charge in [0.25, 0.3) is 5.91 Å². The monoisotopic (exact) mass is 295 g/mol. The smallest absolute Gasteiger partial charge is 0.251 e. The summed E-state index contributed by atoms with van der Waals surface area (Å²) >= 11 is 0. The van der Waals surface area contributed by atoms with Crippen molar-refractivity contribution in [2.45, 2.75) is 39.7 Å². The highest BCUT2D eigenvalue weighted by molar-refractivity contribution is 5.95. The van der Waals surface area contributed by atoms with Crippen molar-refractivity contribution in [2.24, 2.45) is 0 Å². The molecule has 1 unspecified atom stereocenters. The van der Waals surface area contributed by atoms with Crippen molar-refractivity contribution < 1.29 is 14.0 Å². The number of hydrogen-bond acceptors (Lipinski definition) is 3. The van der Waals surface area contributed by atoms with Gasteiger partial charge in [0, 0.05) is 35.8 Å². The maximum absolute atomic E-state index is 13.5. The summed E-state index contributed by atoms with van der Waals surface area (Å²) in [6.07, 6.45) is 1.03. The van der Waals surface area contributed by atoms with E-state index in [1.165, 1.54) is 6.07 Å². The summed E-state index contributed by atoms with van der Waals surface area (Å²) in [5.74, 6) is -1.09. The van der Waals surface area contributed by atoms with E-state index >= 15 is 0 Å². The molecule has 0 heterocycles. The number of carbonyl (C=O) groups is 2. The number of amides is 2. The van der Waals surface area contributed by atoms with E-state index < -0.39 is 11.7 Å². The van der Waals surface area contributed by atoms with Crippen LogP contribution < -0.4 is 16.4 Å². The molecular weight excluding hydrogens is 273 g/mol. The Morgan fingerprint density at radius 1 is 1.38 bits per heavy atom. The van der Waals surface area contributed by atoms with Crippen molar-refractivity contribution in [3.63, 3.8) is 0 Å². The summed E-state index contributed by atoms with van der Waals surface area (Å²) in [6.45, 7) is 5.62. The van der Waals surface area contributed by atoms with Gasteiger partial charge in [-0.2, -0.15) is 0 Å². The summed E-state index contributed by atoms with van der Waals surface area (Å²) in [7, 11) is 0. The molecule has 2 amide bonds. The van der Waals surface area contributed by atoms with Gasteiger partial charge in [-0.15, -0.1) is 0 Å². The van der Waals surface area contributed by atoms with E-state index in [1.807, 2.05) is 13.8 Å². The van der Waals surface area contributed by atoms with Gasteiger partial charge in [-0.25, -0.2) is 4.39 Å². The van der Waals surface area contributed by atoms with Crippen molar-refractivity contribution in [3.8, 4) is 0 Å². The van der Waals surface area contributed by atoms with E-state index in [1.54, 1.807) is 6.92 Å². The Bertz CT molecular complexity index is 509. The van der Waals surface area contributed by atoms with Crippen molar-refractivity contribution in [1.29, 1.82) is 0 Å². The van der Waals surface area contributed by atoms with Crippen LogP contribution in [-0.4, -0.2) is 24.4 Å². The van der Waals surface area contributed by atoms with Gasteiger partial charge >= 0.3 is 0 Å². The zero-order valence-corrected chi connectivity index (χ0v) is 12.6. The number of benzene rings is 1. The summed E-state index contributed by atoms with van der Waals surface area (Å²) in [5.41, 5.74) is 6.32. The topological polar surface area (TPSA) is 84.2 Å². The largest absolute Gasteiger partial charge is 0.398 e. The Hall–Kier alpha value is -2.11. The molecule has 0 saturated heterocycles. The number of rotatable bonds is 6. The minimum atomic E-state index is -0.519. The molecule has 0 bridgehead atoms. The van der Waals surface area contributed by atoms with Gasteiger partial charge in [-0.3, -0.25) is 9.59 Å². The van der Waals surface area contributed by atoms with Gasteiger partial charge in [-0.1, -0.05) is 6.92 Å². The Morgan fingerprint density at radius 2 is 2.05 bits per heavy atom. The van der Waals surface area contributed by atoms with Crippen LogP contribution in [0.4, 0.5) is 10.1 Å². The van der Waals surface area contributed by atoms with Crippen LogP contribution in [0, 0.1) is 12.7 Å². The first kappa shape index (κ1) is 16.9. The van der Waals surface area contributed by atoms with Gasteiger partial charge in [0.05, 0.1) is 0 Å². The zero-order chi connectivity index (χ0) is 16.0. The lowest BCUT2D eigenvalue weighted by Crippen LogP contribution is -2.35. The van der Waals surface area contributed by atoms with Crippen molar-refractivity contribution >= 4 is 17.5 Å². The number of nitrogens with one attached hydrogen (secondary N) is 2. The molecule has 1 aromatic rings. The maximum atomic E-state index is 13.5. The highest BCUT2D eigenvalue weighted by Crippen LogP contribution is 2.17. The van der Waals surface area contributed by atoms with Crippen molar-refractivity contribution in [3.05, 3.63) is 29.1 Å².